The first-order chi connectivity index (χ1) is 8.65. The van der Waals surface area contributed by atoms with Crippen LogP contribution in [-0.4, -0.2) is 45.2 Å². The fourth-order valence-electron chi connectivity index (χ4n) is 1.69. The van der Waals surface area contributed by atoms with Crippen LogP contribution in [0.3, 0.4) is 0 Å². The number of nitrogens with zero attached hydrogens (tertiary/aromatic N) is 1. The molecule has 0 aliphatic rings. The number of carbonyl (C=O) groups excluding carboxylic acids is 1. The molecule has 0 saturated carbocycles. The lowest BCUT2D eigenvalue weighted by atomic mass is 10.1. The van der Waals surface area contributed by atoms with E-state index < -0.39 is 0 Å². The number of amides is 1. The van der Waals surface area contributed by atoms with Gasteiger partial charge in [-0.3, -0.25) is 4.79 Å². The average Bonchev–Trinajstić information content (AvgIpc) is 2.42. The Morgan fingerprint density at radius 3 is 2.61 bits per heavy atom. The number of nitrogens with two attached hydrogens (primary N) is 1. The van der Waals surface area contributed by atoms with Crippen LogP contribution in [0.15, 0.2) is 18.2 Å². The standard InChI is InChI=1S/C13H20N2O3/c1-15(9-5-8-14)13(16)10-6-4-7-11(17-2)12(10)18-3/h4,6-7H,5,8-9,14H2,1-3H3. The highest BCUT2D eigenvalue weighted by Gasteiger charge is 2.19. The molecule has 0 aliphatic carbocycles. The molecule has 0 radical (unpaired) electrons. The van der Waals surface area contributed by atoms with Gasteiger partial charge in [-0.1, -0.05) is 6.07 Å². The van der Waals surface area contributed by atoms with E-state index >= 15 is 0 Å². The van der Waals surface area contributed by atoms with Gasteiger partial charge in [0.15, 0.2) is 11.5 Å². The molecule has 5 nitrogen and oxygen atoms in total. The fraction of sp³-hybridized carbons (Fsp3) is 0.462. The zero-order valence-corrected chi connectivity index (χ0v) is 11.1. The van der Waals surface area contributed by atoms with Crippen LogP contribution in [0.1, 0.15) is 16.8 Å². The second kappa shape index (κ2) is 6.86. The van der Waals surface area contributed by atoms with Crippen molar-refractivity contribution in [3.05, 3.63) is 23.8 Å². The summed E-state index contributed by atoms with van der Waals surface area (Å²) in [6, 6.07) is 5.25. The molecule has 1 aromatic rings. The Hall–Kier alpha value is -1.75. The maximum Gasteiger partial charge on any atom is 0.257 e. The summed E-state index contributed by atoms with van der Waals surface area (Å²) < 4.78 is 10.4. The number of hydrogen-bond donors (Lipinski definition) is 1. The summed E-state index contributed by atoms with van der Waals surface area (Å²) >= 11 is 0. The van der Waals surface area contributed by atoms with Crippen molar-refractivity contribution >= 4 is 5.91 Å². The number of carbonyl (C=O) groups is 1. The van der Waals surface area contributed by atoms with E-state index in [-0.39, 0.29) is 5.91 Å². The van der Waals surface area contributed by atoms with Crippen LogP contribution in [0.2, 0.25) is 0 Å². The predicted octanol–water partition coefficient (Wildman–Crippen LogP) is 1.12. The molecule has 0 heterocycles. The van der Waals surface area contributed by atoms with Crippen LogP contribution >= 0.6 is 0 Å². The third kappa shape index (κ3) is 3.13. The van der Waals surface area contributed by atoms with Crippen molar-refractivity contribution < 1.29 is 14.3 Å². The molecule has 0 atom stereocenters. The summed E-state index contributed by atoms with van der Waals surface area (Å²) in [4.78, 5) is 13.9. The molecule has 0 aliphatic heterocycles. The number of benzene rings is 1. The average molecular weight is 252 g/mol. The van der Waals surface area contributed by atoms with Gasteiger partial charge in [-0.05, 0) is 25.1 Å². The van der Waals surface area contributed by atoms with E-state index in [2.05, 4.69) is 0 Å². The van der Waals surface area contributed by atoms with Crippen LogP contribution in [0.4, 0.5) is 0 Å². The minimum Gasteiger partial charge on any atom is -0.493 e. The largest absolute Gasteiger partial charge is 0.493 e. The molecule has 0 saturated heterocycles. The van der Waals surface area contributed by atoms with Gasteiger partial charge < -0.3 is 20.1 Å². The summed E-state index contributed by atoms with van der Waals surface area (Å²) in [5, 5.41) is 0. The first-order valence-corrected chi connectivity index (χ1v) is 5.82. The van der Waals surface area contributed by atoms with Gasteiger partial charge in [0.2, 0.25) is 0 Å². The van der Waals surface area contributed by atoms with Gasteiger partial charge in [-0.15, -0.1) is 0 Å². The molecule has 1 aromatic carbocycles. The summed E-state index contributed by atoms with van der Waals surface area (Å²) in [7, 11) is 4.82. The number of ether oxygens (including phenoxy) is 2. The molecule has 1 amide bonds. The van der Waals surface area contributed by atoms with Crippen molar-refractivity contribution in [1.82, 2.24) is 4.90 Å². The summed E-state index contributed by atoms with van der Waals surface area (Å²) in [6.45, 7) is 1.18. The quantitative estimate of drug-likeness (QED) is 0.824. The van der Waals surface area contributed by atoms with Gasteiger partial charge in [0, 0.05) is 13.6 Å². The van der Waals surface area contributed by atoms with Gasteiger partial charge in [0.25, 0.3) is 5.91 Å². The van der Waals surface area contributed by atoms with Crippen LogP contribution in [0.5, 0.6) is 11.5 Å². The van der Waals surface area contributed by atoms with Gasteiger partial charge in [-0.2, -0.15) is 0 Å². The molecule has 0 spiro atoms. The lowest BCUT2D eigenvalue weighted by molar-refractivity contribution is 0.0790. The number of rotatable bonds is 6. The summed E-state index contributed by atoms with van der Waals surface area (Å²) in [5.41, 5.74) is 5.93. The lowest BCUT2D eigenvalue weighted by Gasteiger charge is -2.19. The van der Waals surface area contributed by atoms with E-state index in [1.54, 1.807) is 37.3 Å². The van der Waals surface area contributed by atoms with Crippen molar-refractivity contribution in [2.24, 2.45) is 5.73 Å². The molecule has 0 aromatic heterocycles. The molecule has 0 unspecified atom stereocenters. The Kier molecular flexibility index (Phi) is 5.45. The van der Waals surface area contributed by atoms with E-state index in [9.17, 15) is 4.79 Å². The van der Waals surface area contributed by atoms with E-state index in [1.807, 2.05) is 0 Å². The number of hydrogen-bond acceptors (Lipinski definition) is 4. The summed E-state index contributed by atoms with van der Waals surface area (Å²) in [6.07, 6.45) is 0.772. The van der Waals surface area contributed by atoms with Gasteiger partial charge >= 0.3 is 0 Å². The van der Waals surface area contributed by atoms with Crippen LogP contribution in [0, 0.1) is 0 Å². The normalized spacial score (nSPS) is 10.0. The van der Waals surface area contributed by atoms with Crippen LogP contribution in [0.25, 0.3) is 0 Å². The smallest absolute Gasteiger partial charge is 0.257 e. The Morgan fingerprint density at radius 1 is 1.33 bits per heavy atom. The predicted molar refractivity (Wildman–Crippen MR) is 70.2 cm³/mol. The first kappa shape index (κ1) is 14.3. The van der Waals surface area contributed by atoms with Gasteiger partial charge in [0.05, 0.1) is 19.8 Å². The highest BCUT2D eigenvalue weighted by Crippen LogP contribution is 2.31. The molecule has 5 heteroatoms. The van der Waals surface area contributed by atoms with Crippen molar-refractivity contribution in [2.75, 3.05) is 34.4 Å². The molecule has 18 heavy (non-hydrogen) atoms. The number of methoxy groups -OCH3 is 2. The van der Waals surface area contributed by atoms with Crippen molar-refractivity contribution in [3.8, 4) is 11.5 Å². The highest BCUT2D eigenvalue weighted by molar-refractivity contribution is 5.97. The topological polar surface area (TPSA) is 64.8 Å². The SMILES string of the molecule is COc1cccc(C(=O)N(C)CCCN)c1OC. The molecule has 1 rings (SSSR count). The minimum atomic E-state index is -0.0980. The Bertz CT molecular complexity index is 407. The second-order valence-electron chi connectivity index (χ2n) is 3.91. The van der Waals surface area contributed by atoms with E-state index in [4.69, 9.17) is 15.2 Å². The van der Waals surface area contributed by atoms with Crippen LogP contribution < -0.4 is 15.2 Å². The maximum absolute atomic E-state index is 12.2. The minimum absolute atomic E-state index is 0.0980. The zero-order chi connectivity index (χ0) is 13.5. The monoisotopic (exact) mass is 252 g/mol. The third-order valence-electron chi connectivity index (χ3n) is 2.68. The van der Waals surface area contributed by atoms with E-state index in [1.165, 1.54) is 7.11 Å². The maximum atomic E-state index is 12.2. The second-order valence-corrected chi connectivity index (χ2v) is 3.91. The fourth-order valence-corrected chi connectivity index (χ4v) is 1.69. The number of para-hydroxylation sites is 1. The molecule has 0 fully saturated rings. The van der Waals surface area contributed by atoms with Gasteiger partial charge in [0.1, 0.15) is 0 Å². The highest BCUT2D eigenvalue weighted by atomic mass is 16.5. The molecule has 2 N–H and O–H groups in total. The molecule has 0 bridgehead atoms. The van der Waals surface area contributed by atoms with E-state index in [0.717, 1.165) is 6.42 Å². The first-order valence-electron chi connectivity index (χ1n) is 5.82. The Labute approximate surface area is 107 Å². The van der Waals surface area contributed by atoms with Crippen molar-refractivity contribution in [1.29, 1.82) is 0 Å². The molecular weight excluding hydrogens is 232 g/mol. The van der Waals surface area contributed by atoms with Crippen molar-refractivity contribution in [2.45, 2.75) is 6.42 Å². The molecular formula is C13H20N2O3. The van der Waals surface area contributed by atoms with Crippen LogP contribution in [-0.2, 0) is 0 Å². The molecule has 100 valence electrons. The van der Waals surface area contributed by atoms with Crippen molar-refractivity contribution in [3.63, 3.8) is 0 Å². The zero-order valence-electron chi connectivity index (χ0n) is 11.1. The van der Waals surface area contributed by atoms with Gasteiger partial charge in [-0.25, -0.2) is 0 Å². The third-order valence-corrected chi connectivity index (χ3v) is 2.68. The lowest BCUT2D eigenvalue weighted by Crippen LogP contribution is -2.29. The van der Waals surface area contributed by atoms with E-state index in [0.29, 0.717) is 30.2 Å². The Morgan fingerprint density at radius 2 is 2.06 bits per heavy atom. The summed E-state index contributed by atoms with van der Waals surface area (Å²) in [5.74, 6) is 0.916. The Balaban J connectivity index is 2.97.